The molecule has 0 spiro atoms. The number of epoxide rings is 1. The summed E-state index contributed by atoms with van der Waals surface area (Å²) in [6.45, 7) is 1.79. The van der Waals surface area contributed by atoms with Crippen LogP contribution >= 0.6 is 0 Å². The molecule has 15 aliphatic rings. The number of fused-ring (bicyclic) bond motifs is 21. The predicted molar refractivity (Wildman–Crippen MR) is 259 cm³/mol. The average Bonchev–Trinajstić information content (AvgIpc) is 4.17. The van der Waals surface area contributed by atoms with Crippen molar-refractivity contribution in [2.45, 2.75) is 64.8 Å². The standard InChI is InChI=1S/C12H12O2.C11H10O3.C11H14O2.C11H10O2.C6H4O2.C5H6.CH4.2H2O/c1-7(13)12-5-4-10(14)11(12)8-2-3-9(12)6-8;12-8-6-4-1-2-5(3-4)7(6)9(13)11-10(8)14-11;12-6-11-4-3-9(13)10(11)7-1-2-8(11)5-7;12-8-3-4-9(13)11-7-2-1-6(5-7)10(8)11;7-5-1-2-6(8)4-3-5;1-2-4-5-3-1;;;/h2-5,8-9,11H,6H2,1H3;1-2,4-7,10-11H,3H2;1-4,7-10,12-13H,5-6H2;1-4,6-7,10-11H,5H2;1-4H;1-4H,5H2;1H4;2*1H2/t8?,9?,11?,12-;4?,5?,6-,7+,10?,11?;7?,8?,9-,10?,11+;6?,7?,10-,11+;;;;;/m1.0....../s1. The molecule has 1 heterocycles. The van der Waals surface area contributed by atoms with Crippen molar-refractivity contribution in [1.29, 1.82) is 0 Å². The molecule has 14 aliphatic carbocycles. The topological polar surface area (TPSA) is 253 Å². The van der Waals surface area contributed by atoms with E-state index >= 15 is 0 Å². The summed E-state index contributed by atoms with van der Waals surface area (Å²) in [5, 5.41) is 19.3. The lowest BCUT2D eigenvalue weighted by atomic mass is 9.68. The van der Waals surface area contributed by atoms with Crippen LogP contribution in [-0.2, 0) is 43.1 Å². The Morgan fingerprint density at radius 1 is 0.571 bits per heavy atom. The maximum atomic E-state index is 11.9. The fraction of sp³-hybridized carbons (Fsp3) is 0.474. The molecule has 19 atom stereocenters. The number of Topliss-reactive ketones (excluding diaryl/α,β-unsaturated/α-hetero) is 3. The SMILES string of the molecule is C.C1=CCC=C1.CC(=O)[C@@]12C=CC(=O)C1C1C=CC2C1.O.O.O=C1C2OC2C(=O)[C@H]2C3C=CC(C3)[C@@H]12.O=C1C=CC(=O)C=C1.O=C1C=CC(=O)[C@H]2C3C=CC(C3)[C@@H]12.OC[C@@]12C=C[C@H](O)C1C1C=CC2C1. The van der Waals surface area contributed by atoms with E-state index in [0.29, 0.717) is 41.4 Å². The highest BCUT2D eigenvalue weighted by atomic mass is 16.6. The lowest BCUT2D eigenvalue weighted by Crippen LogP contribution is -2.43. The van der Waals surface area contributed by atoms with Gasteiger partial charge in [0.2, 0.25) is 0 Å². The number of aliphatic hydroxyl groups excluding tert-OH is 2. The number of hydrogen-bond acceptors (Lipinski definition) is 11. The largest absolute Gasteiger partial charge is 0.412 e. The van der Waals surface area contributed by atoms with Gasteiger partial charge in [0.1, 0.15) is 5.78 Å². The van der Waals surface area contributed by atoms with E-state index in [0.717, 1.165) is 32.1 Å². The van der Waals surface area contributed by atoms with Crippen LogP contribution in [0.25, 0.3) is 0 Å². The lowest BCUT2D eigenvalue weighted by Gasteiger charge is -2.35. The molecule has 1 aliphatic heterocycles. The first-order valence-corrected chi connectivity index (χ1v) is 24.0. The Kier molecular flexibility index (Phi) is 15.0. The van der Waals surface area contributed by atoms with Crippen molar-refractivity contribution in [2.75, 3.05) is 6.61 Å². The average molecular weight is 957 g/mol. The summed E-state index contributed by atoms with van der Waals surface area (Å²) in [6, 6.07) is 0. The molecular formula is C57H64O13. The molecule has 0 amide bonds. The molecule has 0 aromatic heterocycles. The maximum absolute atomic E-state index is 11.9. The zero-order valence-electron chi connectivity index (χ0n) is 38.3. The minimum Gasteiger partial charge on any atom is -0.412 e. The van der Waals surface area contributed by atoms with Crippen molar-refractivity contribution in [3.8, 4) is 0 Å². The van der Waals surface area contributed by atoms with Crippen LogP contribution in [0.5, 0.6) is 0 Å². The van der Waals surface area contributed by atoms with Gasteiger partial charge in [-0.1, -0.05) is 98.6 Å². The quantitative estimate of drug-likeness (QED) is 0.222. The van der Waals surface area contributed by atoms with E-state index in [9.17, 15) is 48.6 Å². The van der Waals surface area contributed by atoms with Crippen LogP contribution in [0, 0.1) is 93.7 Å². The van der Waals surface area contributed by atoms with E-state index in [1.165, 1.54) is 36.5 Å². The Morgan fingerprint density at radius 2 is 1.04 bits per heavy atom. The van der Waals surface area contributed by atoms with Crippen molar-refractivity contribution in [2.24, 2.45) is 93.7 Å². The molecule has 5 saturated carbocycles. The Hall–Kier alpha value is -5.70. The van der Waals surface area contributed by atoms with Crippen LogP contribution in [-0.4, -0.2) is 92.4 Å². The first-order chi connectivity index (χ1) is 32.3. The number of ketones is 8. The van der Waals surface area contributed by atoms with Gasteiger partial charge in [-0.3, -0.25) is 38.4 Å². The number of rotatable bonds is 2. The van der Waals surface area contributed by atoms with Gasteiger partial charge in [-0.05, 0) is 129 Å². The molecule has 13 heteroatoms. The molecule has 70 heavy (non-hydrogen) atoms. The van der Waals surface area contributed by atoms with Crippen LogP contribution in [0.4, 0.5) is 0 Å². The van der Waals surface area contributed by atoms with Gasteiger partial charge in [-0.2, -0.15) is 0 Å². The van der Waals surface area contributed by atoms with E-state index in [1.54, 1.807) is 13.0 Å². The van der Waals surface area contributed by atoms with Crippen LogP contribution in [0.2, 0.25) is 0 Å². The number of ether oxygens (including phenoxy) is 1. The Balaban J connectivity index is 0.000000126. The fourth-order valence-electron chi connectivity index (χ4n) is 14.4. The van der Waals surface area contributed by atoms with E-state index < -0.39 is 5.41 Å². The maximum Gasteiger partial charge on any atom is 0.178 e. The van der Waals surface area contributed by atoms with Crippen molar-refractivity contribution < 1.29 is 64.3 Å². The Morgan fingerprint density at radius 3 is 1.50 bits per heavy atom. The third-order valence-corrected chi connectivity index (χ3v) is 17.4. The monoisotopic (exact) mass is 956 g/mol. The molecule has 13 nitrogen and oxygen atoms in total. The summed E-state index contributed by atoms with van der Waals surface area (Å²) in [7, 11) is 0. The van der Waals surface area contributed by atoms with E-state index in [4.69, 9.17) is 4.74 Å². The van der Waals surface area contributed by atoms with Crippen molar-refractivity contribution >= 4 is 46.3 Å². The van der Waals surface area contributed by atoms with Gasteiger partial charge < -0.3 is 25.9 Å². The number of allylic oxidation sites excluding steroid dienone is 20. The van der Waals surface area contributed by atoms with Gasteiger partial charge >= 0.3 is 0 Å². The summed E-state index contributed by atoms with van der Waals surface area (Å²) in [6.07, 6.45) is 44.9. The first-order valence-electron chi connectivity index (χ1n) is 24.0. The molecule has 6 fully saturated rings. The fourth-order valence-corrected chi connectivity index (χ4v) is 14.4. The third kappa shape index (κ3) is 8.57. The molecule has 0 radical (unpaired) electrons. The van der Waals surface area contributed by atoms with Crippen molar-refractivity contribution in [1.82, 2.24) is 0 Å². The minimum atomic E-state index is -0.462. The van der Waals surface area contributed by atoms with Crippen LogP contribution < -0.4 is 0 Å². The Bertz CT molecular complexity index is 2430. The van der Waals surface area contributed by atoms with E-state index in [2.05, 4.69) is 72.9 Å². The van der Waals surface area contributed by atoms with Gasteiger partial charge in [0, 0.05) is 40.9 Å². The van der Waals surface area contributed by atoms with Crippen LogP contribution in [0.15, 0.2) is 134 Å². The zero-order chi connectivity index (χ0) is 46.9. The second-order valence-electron chi connectivity index (χ2n) is 20.6. The molecule has 370 valence electrons. The van der Waals surface area contributed by atoms with Gasteiger partial charge in [0.05, 0.1) is 18.1 Å². The number of hydrogen-bond donors (Lipinski definition) is 2. The summed E-state index contributed by atoms with van der Waals surface area (Å²) in [5.74, 6) is 3.67. The molecule has 8 bridgehead atoms. The normalized spacial score (nSPS) is 43.2. The zero-order valence-corrected chi connectivity index (χ0v) is 38.3. The highest BCUT2D eigenvalue weighted by molar-refractivity contribution is 6.14. The minimum absolute atomic E-state index is 0. The molecule has 12 unspecified atom stereocenters. The number of carbonyl (C=O) groups excluding carboxylic acids is 8. The molecule has 0 aromatic carbocycles. The van der Waals surface area contributed by atoms with Crippen LogP contribution in [0.3, 0.4) is 0 Å². The summed E-state index contributed by atoms with van der Waals surface area (Å²) in [4.78, 5) is 90.8. The van der Waals surface area contributed by atoms with Gasteiger partial charge in [0.25, 0.3) is 0 Å². The molecule has 0 aromatic rings. The summed E-state index contributed by atoms with van der Waals surface area (Å²) in [5.41, 5.74) is -0.588. The lowest BCUT2D eigenvalue weighted by molar-refractivity contribution is -0.135. The predicted octanol–water partition coefficient (Wildman–Crippen LogP) is 4.46. The summed E-state index contributed by atoms with van der Waals surface area (Å²) < 4.78 is 5.14. The van der Waals surface area contributed by atoms with Crippen LogP contribution in [0.1, 0.15) is 46.5 Å². The molecule has 1 saturated heterocycles. The van der Waals surface area contributed by atoms with Crippen molar-refractivity contribution in [3.63, 3.8) is 0 Å². The third-order valence-electron chi connectivity index (χ3n) is 17.4. The second kappa shape index (κ2) is 20.2. The first kappa shape index (κ1) is 52.1. The highest BCUT2D eigenvalue weighted by Crippen LogP contribution is 2.62. The second-order valence-corrected chi connectivity index (χ2v) is 20.6. The van der Waals surface area contributed by atoms with E-state index in [-0.39, 0.29) is 136 Å². The smallest absolute Gasteiger partial charge is 0.178 e. The summed E-state index contributed by atoms with van der Waals surface area (Å²) >= 11 is 0. The molecule has 15 rings (SSSR count). The van der Waals surface area contributed by atoms with Crippen molar-refractivity contribution in [3.05, 3.63) is 134 Å². The highest BCUT2D eigenvalue weighted by Gasteiger charge is 2.66. The van der Waals surface area contributed by atoms with Gasteiger partial charge in [-0.15, -0.1) is 0 Å². The number of carbonyl (C=O) groups is 8. The van der Waals surface area contributed by atoms with Gasteiger partial charge in [0.15, 0.2) is 52.7 Å². The number of aliphatic hydroxyl groups is 2. The molecule has 6 N–H and O–H groups in total. The Labute approximate surface area is 407 Å². The van der Waals surface area contributed by atoms with E-state index in [1.807, 2.05) is 18.2 Å². The molecular weight excluding hydrogens is 893 g/mol. The van der Waals surface area contributed by atoms with Gasteiger partial charge in [-0.25, -0.2) is 0 Å².